The molecule has 2 aromatic rings. The molecule has 1 unspecified atom stereocenters. The average molecular weight is 345 g/mol. The highest BCUT2D eigenvalue weighted by Crippen LogP contribution is 2.41. The summed E-state index contributed by atoms with van der Waals surface area (Å²) < 4.78 is 0. The van der Waals surface area contributed by atoms with Gasteiger partial charge in [-0.1, -0.05) is 60.6 Å². The highest BCUT2D eigenvalue weighted by molar-refractivity contribution is 6.34. The third kappa shape index (κ3) is 3.10. The normalized spacial score (nSPS) is 17.9. The highest BCUT2D eigenvalue weighted by Gasteiger charge is 2.24. The van der Waals surface area contributed by atoms with Crippen molar-refractivity contribution >= 4 is 28.9 Å². The minimum absolute atomic E-state index is 0.178. The van der Waals surface area contributed by atoms with Crippen LogP contribution in [0.25, 0.3) is 11.1 Å². The van der Waals surface area contributed by atoms with Crippen molar-refractivity contribution in [3.63, 3.8) is 0 Å². The topological polar surface area (TPSA) is 38.0 Å². The van der Waals surface area contributed by atoms with Crippen LogP contribution in [0, 0.1) is 0 Å². The molecule has 0 aromatic heterocycles. The maximum Gasteiger partial charge on any atom is 0.0635 e. The molecule has 2 aromatic carbocycles. The number of rotatable bonds is 2. The van der Waals surface area contributed by atoms with E-state index in [4.69, 9.17) is 28.9 Å². The van der Waals surface area contributed by atoms with Crippen molar-refractivity contribution in [2.24, 2.45) is 0 Å². The first-order chi connectivity index (χ1) is 11.0. The predicted molar refractivity (Wildman–Crippen MR) is 99.7 cm³/mol. The van der Waals surface area contributed by atoms with Gasteiger partial charge in [0.25, 0.3) is 0 Å². The summed E-state index contributed by atoms with van der Waals surface area (Å²) in [6, 6.07) is 11.6. The fraction of sp³-hybridized carbons (Fsp3) is 0.158. The Kier molecular flexibility index (Phi) is 4.38. The number of halogens is 2. The van der Waals surface area contributed by atoms with Crippen molar-refractivity contribution in [2.75, 3.05) is 5.73 Å². The molecule has 1 fully saturated rings. The lowest BCUT2D eigenvalue weighted by Crippen LogP contribution is -2.23. The lowest BCUT2D eigenvalue weighted by molar-refractivity contribution is 0.593. The van der Waals surface area contributed by atoms with Crippen molar-refractivity contribution in [2.45, 2.75) is 18.8 Å². The van der Waals surface area contributed by atoms with Gasteiger partial charge in [0.05, 0.1) is 15.7 Å². The predicted octanol–water partition coefficient (Wildman–Crippen LogP) is 5.74. The summed E-state index contributed by atoms with van der Waals surface area (Å²) in [7, 11) is 0. The second-order valence-electron chi connectivity index (χ2n) is 5.79. The summed E-state index contributed by atoms with van der Waals surface area (Å²) >= 11 is 12.7. The molecular weight excluding hydrogens is 327 g/mol. The molecule has 3 rings (SSSR count). The average Bonchev–Trinajstić information content (AvgIpc) is 2.51. The van der Waals surface area contributed by atoms with E-state index < -0.39 is 0 Å². The first-order valence-electron chi connectivity index (χ1n) is 7.44. The molecule has 3 N–H and O–H groups in total. The molecule has 0 saturated carbocycles. The van der Waals surface area contributed by atoms with Gasteiger partial charge in [0.15, 0.2) is 0 Å². The van der Waals surface area contributed by atoms with Crippen molar-refractivity contribution in [3.05, 3.63) is 76.6 Å². The van der Waals surface area contributed by atoms with Crippen LogP contribution in [0.5, 0.6) is 0 Å². The maximum atomic E-state index is 6.71. The molecule has 1 aliphatic heterocycles. The Balaban J connectivity index is 2.03. The van der Waals surface area contributed by atoms with Gasteiger partial charge in [-0.15, -0.1) is 0 Å². The summed E-state index contributed by atoms with van der Waals surface area (Å²) in [4.78, 5) is 0. The number of piperidine rings is 1. The zero-order valence-electron chi connectivity index (χ0n) is 12.7. The van der Waals surface area contributed by atoms with Gasteiger partial charge >= 0.3 is 0 Å². The van der Waals surface area contributed by atoms with E-state index in [2.05, 4.69) is 24.5 Å². The van der Waals surface area contributed by atoms with E-state index in [9.17, 15) is 0 Å². The first-order valence-corrected chi connectivity index (χ1v) is 8.20. The minimum Gasteiger partial charge on any atom is -0.398 e. The fourth-order valence-electron chi connectivity index (χ4n) is 2.97. The highest BCUT2D eigenvalue weighted by atomic mass is 35.5. The van der Waals surface area contributed by atoms with Crippen molar-refractivity contribution in [1.82, 2.24) is 5.32 Å². The molecule has 1 aliphatic rings. The Morgan fingerprint density at radius 1 is 1.13 bits per heavy atom. The fourth-order valence-corrected chi connectivity index (χ4v) is 3.45. The largest absolute Gasteiger partial charge is 0.398 e. The number of nitrogen functional groups attached to an aromatic ring is 1. The molecule has 0 bridgehead atoms. The smallest absolute Gasteiger partial charge is 0.0635 e. The number of hydrogen-bond acceptors (Lipinski definition) is 2. The summed E-state index contributed by atoms with van der Waals surface area (Å²) in [5.74, 6) is 0.178. The van der Waals surface area contributed by atoms with Gasteiger partial charge < -0.3 is 11.1 Å². The van der Waals surface area contributed by atoms with Crippen molar-refractivity contribution < 1.29 is 0 Å². The molecule has 0 amide bonds. The molecule has 2 nitrogen and oxygen atoms in total. The Labute approximate surface area is 146 Å². The molecule has 0 aliphatic carbocycles. The van der Waals surface area contributed by atoms with Crippen LogP contribution >= 0.6 is 23.2 Å². The van der Waals surface area contributed by atoms with Crippen molar-refractivity contribution in [3.8, 4) is 11.1 Å². The summed E-state index contributed by atoms with van der Waals surface area (Å²) in [6.07, 6.45) is 1.87. The third-order valence-electron chi connectivity index (χ3n) is 4.20. The quantitative estimate of drug-likeness (QED) is 0.682. The van der Waals surface area contributed by atoms with Crippen LogP contribution in [0.2, 0.25) is 10.0 Å². The van der Waals surface area contributed by atoms with Gasteiger partial charge in [-0.2, -0.15) is 0 Å². The van der Waals surface area contributed by atoms with Gasteiger partial charge in [0.2, 0.25) is 0 Å². The second kappa shape index (κ2) is 6.31. The second-order valence-corrected chi connectivity index (χ2v) is 6.58. The van der Waals surface area contributed by atoms with E-state index in [0.717, 1.165) is 45.9 Å². The van der Waals surface area contributed by atoms with E-state index in [1.807, 2.05) is 24.3 Å². The van der Waals surface area contributed by atoms with E-state index in [-0.39, 0.29) is 5.92 Å². The molecule has 1 atom stereocenters. The molecule has 1 saturated heterocycles. The molecule has 23 heavy (non-hydrogen) atoms. The Morgan fingerprint density at radius 2 is 1.91 bits per heavy atom. The van der Waals surface area contributed by atoms with E-state index in [1.165, 1.54) is 0 Å². The number of anilines is 1. The van der Waals surface area contributed by atoms with Gasteiger partial charge in [0.1, 0.15) is 0 Å². The standard InChI is InChI=1S/C19H18Cl2N2/c1-11-6-8-14(12(2)23-11)16-5-3-4-15(19(16)21)13-7-9-17(20)18(22)10-13/h3-5,7,9-10,14,23H,1-2,6,8,22H2. The lowest BCUT2D eigenvalue weighted by Gasteiger charge is -2.29. The Bertz CT molecular complexity index is 796. The minimum atomic E-state index is 0.178. The Morgan fingerprint density at radius 3 is 2.61 bits per heavy atom. The van der Waals surface area contributed by atoms with Gasteiger partial charge in [-0.25, -0.2) is 0 Å². The molecule has 1 heterocycles. The zero-order chi connectivity index (χ0) is 16.6. The van der Waals surface area contributed by atoms with Crippen LogP contribution in [-0.2, 0) is 0 Å². The summed E-state index contributed by atoms with van der Waals surface area (Å²) in [5.41, 5.74) is 11.4. The number of nitrogens with one attached hydrogen (secondary N) is 1. The number of hydrogen-bond donors (Lipinski definition) is 2. The zero-order valence-corrected chi connectivity index (χ0v) is 14.2. The molecular formula is C19H18Cl2N2. The van der Waals surface area contributed by atoms with Gasteiger partial charge in [-0.05, 0) is 36.1 Å². The molecule has 118 valence electrons. The monoisotopic (exact) mass is 344 g/mol. The van der Waals surface area contributed by atoms with Crippen molar-refractivity contribution in [1.29, 1.82) is 0 Å². The van der Waals surface area contributed by atoms with E-state index in [1.54, 1.807) is 6.07 Å². The third-order valence-corrected chi connectivity index (χ3v) is 4.97. The number of benzene rings is 2. The molecule has 0 radical (unpaired) electrons. The SMILES string of the molecule is C=C1CCC(c2cccc(-c3ccc(Cl)c(N)c3)c2Cl)C(=C)N1. The van der Waals surface area contributed by atoms with Crippen LogP contribution in [0.4, 0.5) is 5.69 Å². The number of nitrogens with two attached hydrogens (primary N) is 1. The first kappa shape index (κ1) is 16.0. The number of allylic oxidation sites excluding steroid dienone is 2. The maximum absolute atomic E-state index is 6.71. The summed E-state index contributed by atoms with van der Waals surface area (Å²) in [5, 5.41) is 4.52. The van der Waals surface area contributed by atoms with Crippen LogP contribution in [0.3, 0.4) is 0 Å². The van der Waals surface area contributed by atoms with Gasteiger partial charge in [0, 0.05) is 22.9 Å². The van der Waals surface area contributed by atoms with Crippen LogP contribution in [-0.4, -0.2) is 0 Å². The van der Waals surface area contributed by atoms with Crippen LogP contribution < -0.4 is 11.1 Å². The van der Waals surface area contributed by atoms with Crippen LogP contribution in [0.15, 0.2) is 61.0 Å². The lowest BCUT2D eigenvalue weighted by atomic mass is 9.86. The summed E-state index contributed by atoms with van der Waals surface area (Å²) in [6.45, 7) is 8.09. The van der Waals surface area contributed by atoms with E-state index >= 15 is 0 Å². The molecule has 4 heteroatoms. The van der Waals surface area contributed by atoms with E-state index in [0.29, 0.717) is 10.7 Å². The van der Waals surface area contributed by atoms with Gasteiger partial charge in [-0.3, -0.25) is 0 Å². The molecule has 0 spiro atoms. The Hall–Kier alpha value is -1.90. The van der Waals surface area contributed by atoms with Crippen LogP contribution in [0.1, 0.15) is 24.3 Å².